The quantitative estimate of drug-likeness (QED) is 0.0178. The molecular weight excluding hydrogens is 1610 g/mol. The van der Waals surface area contributed by atoms with E-state index in [1.54, 1.807) is 82.8 Å². The van der Waals surface area contributed by atoms with Crippen molar-refractivity contribution in [3.8, 4) is 11.1 Å². The minimum absolute atomic E-state index is 0.00778. The van der Waals surface area contributed by atoms with Gasteiger partial charge in [-0.2, -0.15) is 7.80 Å². The molecule has 0 saturated heterocycles. The zero-order valence-corrected chi connectivity index (χ0v) is 76.0. The predicted molar refractivity (Wildman–Crippen MR) is 467 cm³/mol. The minimum atomic E-state index is -1.66. The van der Waals surface area contributed by atoms with E-state index in [4.69, 9.17) is 26.5 Å². The normalized spacial score (nSPS) is 14.1. The molecule has 0 saturated carbocycles. The zero-order chi connectivity index (χ0) is 92.6. The van der Waals surface area contributed by atoms with E-state index >= 15 is 0 Å². The summed E-state index contributed by atoms with van der Waals surface area (Å²) in [7, 11) is 4.85. The highest BCUT2D eigenvalue weighted by Crippen LogP contribution is 2.45. The third kappa shape index (κ3) is 42.2. The van der Waals surface area contributed by atoms with E-state index in [1.807, 2.05) is 48.5 Å². The second kappa shape index (κ2) is 58.9. The van der Waals surface area contributed by atoms with E-state index < -0.39 is 177 Å². The van der Waals surface area contributed by atoms with Crippen LogP contribution in [0.5, 0.6) is 0 Å². The van der Waals surface area contributed by atoms with Crippen LogP contribution in [0.25, 0.3) is 11.1 Å². The first kappa shape index (κ1) is 109. The van der Waals surface area contributed by atoms with Gasteiger partial charge in [0.1, 0.15) is 84.5 Å². The Morgan fingerprint density at radius 2 is 0.766 bits per heavy atom. The number of Topliss-reactive ketones (excluding diaryl/α,β-unsaturated/α-hetero) is 13. The fourth-order valence-electron chi connectivity index (χ4n) is 14.5. The van der Waals surface area contributed by atoms with Crippen LogP contribution in [0.1, 0.15) is 292 Å². The van der Waals surface area contributed by atoms with E-state index in [0.717, 1.165) is 22.3 Å². The number of nitrogens with one attached hydrogen (secondary N) is 5. The summed E-state index contributed by atoms with van der Waals surface area (Å²) in [4.78, 5) is 270. The van der Waals surface area contributed by atoms with E-state index in [0.29, 0.717) is 0 Å². The number of hydrogen-bond donors (Lipinski definition) is 5. The molecule has 29 nitrogen and oxygen atoms in total. The number of amides is 5. The van der Waals surface area contributed by atoms with Gasteiger partial charge < -0.3 is 45.5 Å². The molecule has 0 heterocycles. The van der Waals surface area contributed by atoms with E-state index in [1.165, 1.54) is 0 Å². The first-order valence-corrected chi connectivity index (χ1v) is 46.3. The number of ketones is 13. The number of esters is 2. The standard InChI is InChI=1S/C93H135BN5O24P/c1-13-64(100)34-29-59(80(107)17-5)51-69(105)39-42-78(84(111)54-61(81(108)18-6)30-35-65(101)14-2)97-87(114)45-33-62(90(117)99-79(91(118)98-77(83(110)20-8)41-38-67(103)16-4)43-46-88(115)96-76(82(109)19-7)40-37-66(102)15-3)53-70(106)56-121-50-49-120-48-47-95-86(113)44-32-60(85(112)58-124(12)94)52-68(104)36-31-63(92(119)123-93(9,10)11)55-89(116)122-57-75-73-27-23-21-25-71(73)72-26-22-24-28-74(72)75/h21-28,59-63,75-79H,13-20,29-58H2,1-12H3,(H,95,113)(H,96,115)(H,97,114)(H,98,118)(H,99,117). The summed E-state index contributed by atoms with van der Waals surface area (Å²) in [6, 6.07) is 10.3. The van der Waals surface area contributed by atoms with Gasteiger partial charge in [-0.3, -0.25) is 95.9 Å². The number of ether oxygens (including phenoxy) is 4. The lowest BCUT2D eigenvalue weighted by molar-refractivity contribution is -0.164. The molecule has 31 heteroatoms. The van der Waals surface area contributed by atoms with Crippen LogP contribution in [0.3, 0.4) is 0 Å². The van der Waals surface area contributed by atoms with Gasteiger partial charge in [-0.15, -0.1) is 0 Å². The largest absolute Gasteiger partial charge is 0.465 e. The molecule has 5 N–H and O–H groups in total. The number of rotatable bonds is 70. The second-order valence-electron chi connectivity index (χ2n) is 33.0. The lowest BCUT2D eigenvalue weighted by Gasteiger charge is -2.25. The maximum absolute atomic E-state index is 14.9. The molecule has 3 rings (SSSR count). The molecule has 684 valence electrons. The zero-order valence-electron chi connectivity index (χ0n) is 75.1. The van der Waals surface area contributed by atoms with E-state index in [9.17, 15) is 95.9 Å². The Bertz CT molecular complexity index is 3940. The predicted octanol–water partition coefficient (Wildman–Crippen LogP) is 10.7. The summed E-state index contributed by atoms with van der Waals surface area (Å²) < 4.78 is 22.8. The molecule has 10 atom stereocenters. The van der Waals surface area contributed by atoms with Crippen molar-refractivity contribution < 1.29 is 115 Å². The third-order valence-corrected chi connectivity index (χ3v) is 22.9. The summed E-state index contributed by atoms with van der Waals surface area (Å²) in [5, 5.41) is 13.2. The summed E-state index contributed by atoms with van der Waals surface area (Å²) in [5.74, 6) is -15.3. The molecule has 0 fully saturated rings. The topological polar surface area (TPSA) is 438 Å². The number of carbonyl (C=O) groups is 20. The Morgan fingerprint density at radius 3 is 1.26 bits per heavy atom. The van der Waals surface area contributed by atoms with Gasteiger partial charge in [-0.1, -0.05) is 111 Å². The lowest BCUT2D eigenvalue weighted by Crippen LogP contribution is -2.53. The summed E-state index contributed by atoms with van der Waals surface area (Å²) in [6.45, 7) is 18.7. The van der Waals surface area contributed by atoms with Gasteiger partial charge in [0.05, 0.1) is 50.3 Å². The molecule has 0 spiro atoms. The van der Waals surface area contributed by atoms with Crippen LogP contribution in [0, 0.1) is 29.6 Å². The highest BCUT2D eigenvalue weighted by atomic mass is 31.1. The average molecular weight is 1750 g/mol. The Labute approximate surface area is 733 Å². The number of benzene rings is 2. The summed E-state index contributed by atoms with van der Waals surface area (Å²) in [6.07, 6.45) is -4.34. The van der Waals surface area contributed by atoms with Crippen molar-refractivity contribution in [3.05, 3.63) is 59.7 Å². The van der Waals surface area contributed by atoms with Crippen LogP contribution in [-0.4, -0.2) is 206 Å². The van der Waals surface area contributed by atoms with Crippen LogP contribution in [0.2, 0.25) is 0 Å². The second-order valence-corrected chi connectivity index (χ2v) is 34.8. The molecular formula is C93H135BN5O24P. The van der Waals surface area contributed by atoms with Crippen molar-refractivity contribution in [2.45, 2.75) is 311 Å². The maximum Gasteiger partial charge on any atom is 0.310 e. The third-order valence-electron chi connectivity index (χ3n) is 22.0. The molecule has 2 aromatic rings. The van der Waals surface area contributed by atoms with Gasteiger partial charge in [0.25, 0.3) is 0 Å². The molecule has 10 unspecified atom stereocenters. The van der Waals surface area contributed by atoms with Crippen molar-refractivity contribution in [1.29, 1.82) is 0 Å². The van der Waals surface area contributed by atoms with Gasteiger partial charge in [-0.25, -0.2) is 0 Å². The van der Waals surface area contributed by atoms with Gasteiger partial charge in [0.2, 0.25) is 29.5 Å². The Hall–Kier alpha value is -9.15. The fraction of sp³-hybridized carbons (Fsp3) is 0.656. The van der Waals surface area contributed by atoms with Crippen molar-refractivity contribution in [1.82, 2.24) is 26.6 Å². The molecule has 0 aromatic heterocycles. The number of fused-ring (bicyclic) bond motifs is 3. The first-order chi connectivity index (χ1) is 58.8. The van der Waals surface area contributed by atoms with Crippen LogP contribution in [0.4, 0.5) is 0 Å². The van der Waals surface area contributed by atoms with Crippen LogP contribution in [-0.2, 0) is 115 Å². The van der Waals surface area contributed by atoms with Gasteiger partial charge in [-0.05, 0) is 101 Å². The molecule has 2 aromatic carbocycles. The Morgan fingerprint density at radius 1 is 0.379 bits per heavy atom. The molecule has 2 radical (unpaired) electrons. The molecule has 124 heavy (non-hydrogen) atoms. The highest BCUT2D eigenvalue weighted by molar-refractivity contribution is 7.82. The first-order valence-electron chi connectivity index (χ1n) is 44.3. The fourth-order valence-corrected chi connectivity index (χ4v) is 15.3. The number of hydrogen-bond acceptors (Lipinski definition) is 24. The molecule has 5 amide bonds. The van der Waals surface area contributed by atoms with Gasteiger partial charge >= 0.3 is 11.9 Å². The minimum Gasteiger partial charge on any atom is -0.465 e. The summed E-state index contributed by atoms with van der Waals surface area (Å²) in [5.41, 5.74) is 3.18. The smallest absolute Gasteiger partial charge is 0.310 e. The molecule has 0 bridgehead atoms. The van der Waals surface area contributed by atoms with Crippen LogP contribution in [0.15, 0.2) is 48.5 Å². The molecule has 1 aliphatic rings. The number of carbonyl (C=O) groups excluding carboxylic acids is 20. The Kier molecular flexibility index (Phi) is 51.8. The average Bonchev–Trinajstić information content (AvgIpc) is 1.61. The Balaban J connectivity index is 1.85. The highest BCUT2D eigenvalue weighted by Gasteiger charge is 2.37. The van der Waals surface area contributed by atoms with Crippen molar-refractivity contribution in [2.24, 2.45) is 29.6 Å². The van der Waals surface area contributed by atoms with E-state index in [-0.39, 0.29) is 258 Å². The van der Waals surface area contributed by atoms with Crippen molar-refractivity contribution in [2.75, 3.05) is 52.4 Å². The van der Waals surface area contributed by atoms with Crippen molar-refractivity contribution in [3.63, 3.8) is 0 Å². The summed E-state index contributed by atoms with van der Waals surface area (Å²) >= 11 is 0. The molecule has 0 aliphatic heterocycles. The van der Waals surface area contributed by atoms with Gasteiger partial charge in [0.15, 0.2) is 23.1 Å². The van der Waals surface area contributed by atoms with E-state index in [2.05, 4.69) is 26.6 Å². The monoisotopic (exact) mass is 1750 g/mol. The SMILES string of the molecule is [B]P(C)CC(=O)C(CCC(=O)NCCOCCOCC(=O)CC(CCC(=O)NC(CCC(=O)CC(CCC(=O)CC)C(=O)CC)C(=O)CC(CCC(=O)CC)C(=O)CC)C(=O)NC(CCC(=O)NC(CCC(=O)CC)C(=O)CC)C(=O)NC(CCC(=O)CC)C(=O)CC)CC(=O)CCC(CC(=O)OCC1c2ccccc2-c2ccccc21)C(=O)OC(C)(C)C. The van der Waals surface area contributed by atoms with Crippen molar-refractivity contribution >= 4 is 132 Å². The molecule has 1 aliphatic carbocycles. The maximum atomic E-state index is 14.9. The lowest BCUT2D eigenvalue weighted by atomic mass is 9.86. The van der Waals surface area contributed by atoms with Crippen LogP contribution >= 0.6 is 7.80 Å². The van der Waals surface area contributed by atoms with Crippen LogP contribution < -0.4 is 26.6 Å². The van der Waals surface area contributed by atoms with Gasteiger partial charge in [0, 0.05) is 177 Å².